The van der Waals surface area contributed by atoms with Gasteiger partial charge < -0.3 is 4.90 Å². The van der Waals surface area contributed by atoms with Crippen LogP contribution in [0.5, 0.6) is 0 Å². The highest BCUT2D eigenvalue weighted by Crippen LogP contribution is 2.30. The number of para-hydroxylation sites is 1. The highest BCUT2D eigenvalue weighted by atomic mass is 15.2. The standard InChI is InChI=1S/C19H21N.C2H6/c1-4-11-18(5-2)20-16(3)12-7-6-8-13-17-14-9-10-15-19(17)20;1-2/h5-12,14-15H,2-4,13H2,1H3;1-2H3/b8-6-,12-7-,18-11+;. The molecule has 0 spiro atoms. The third kappa shape index (κ3) is 4.36. The zero-order valence-electron chi connectivity index (χ0n) is 14.0. The van der Waals surface area contributed by atoms with Crippen LogP contribution in [0.4, 0.5) is 5.69 Å². The first-order valence-corrected chi connectivity index (χ1v) is 8.00. The molecule has 2 rings (SSSR count). The molecule has 0 radical (unpaired) electrons. The Hall–Kier alpha value is -2.28. The Labute approximate surface area is 135 Å². The molecule has 116 valence electrons. The summed E-state index contributed by atoms with van der Waals surface area (Å²) in [5, 5.41) is 0. The second kappa shape index (κ2) is 9.62. The van der Waals surface area contributed by atoms with E-state index in [-0.39, 0.29) is 0 Å². The summed E-state index contributed by atoms with van der Waals surface area (Å²) in [6.07, 6.45) is 14.3. The topological polar surface area (TPSA) is 3.24 Å². The number of benzene rings is 1. The van der Waals surface area contributed by atoms with Crippen LogP contribution in [-0.4, -0.2) is 0 Å². The second-order valence-electron chi connectivity index (χ2n) is 4.69. The van der Waals surface area contributed by atoms with Gasteiger partial charge in [0.05, 0.1) is 0 Å². The SMILES string of the molecule is C=C/C(=C\CC)N1C(=C)/C=C\C=C/Cc2ccccc21.CC. The summed E-state index contributed by atoms with van der Waals surface area (Å²) in [4.78, 5) is 2.18. The largest absolute Gasteiger partial charge is 0.311 e. The molecule has 0 N–H and O–H groups in total. The summed E-state index contributed by atoms with van der Waals surface area (Å²) in [5.74, 6) is 0. The lowest BCUT2D eigenvalue weighted by Gasteiger charge is -2.28. The van der Waals surface area contributed by atoms with Crippen LogP contribution < -0.4 is 4.90 Å². The van der Waals surface area contributed by atoms with Gasteiger partial charge in [0.15, 0.2) is 0 Å². The molecule has 0 bridgehead atoms. The average molecular weight is 293 g/mol. The molecule has 1 aliphatic heterocycles. The number of hydrogen-bond donors (Lipinski definition) is 0. The van der Waals surface area contributed by atoms with Crippen molar-refractivity contribution >= 4 is 5.69 Å². The van der Waals surface area contributed by atoms with Gasteiger partial charge in [0.25, 0.3) is 0 Å². The van der Waals surface area contributed by atoms with Crippen LogP contribution >= 0.6 is 0 Å². The Kier molecular flexibility index (Phi) is 7.77. The molecule has 1 aromatic carbocycles. The van der Waals surface area contributed by atoms with E-state index in [1.165, 1.54) is 11.3 Å². The van der Waals surface area contributed by atoms with Gasteiger partial charge in [-0.05, 0) is 36.6 Å². The van der Waals surface area contributed by atoms with E-state index in [0.29, 0.717) is 0 Å². The summed E-state index contributed by atoms with van der Waals surface area (Å²) >= 11 is 0. The van der Waals surface area contributed by atoms with Crippen LogP contribution in [0.2, 0.25) is 0 Å². The van der Waals surface area contributed by atoms with Gasteiger partial charge in [-0.1, -0.05) is 76.4 Å². The third-order valence-electron chi connectivity index (χ3n) is 3.27. The molecule has 1 nitrogen and oxygen atoms in total. The molecular formula is C21H27N. The Morgan fingerprint density at radius 1 is 1.23 bits per heavy atom. The normalized spacial score (nSPS) is 17.1. The fourth-order valence-corrected chi connectivity index (χ4v) is 2.35. The number of hydrogen-bond acceptors (Lipinski definition) is 1. The van der Waals surface area contributed by atoms with Gasteiger partial charge >= 0.3 is 0 Å². The maximum Gasteiger partial charge on any atom is 0.0496 e. The van der Waals surface area contributed by atoms with Crippen molar-refractivity contribution in [1.29, 1.82) is 0 Å². The fraction of sp³-hybridized carbons (Fsp3) is 0.238. The first kappa shape index (κ1) is 17.8. The number of allylic oxidation sites excluding steroid dienone is 6. The summed E-state index contributed by atoms with van der Waals surface area (Å²) in [6, 6.07) is 8.45. The smallest absolute Gasteiger partial charge is 0.0496 e. The van der Waals surface area contributed by atoms with Crippen LogP contribution in [0.1, 0.15) is 32.8 Å². The molecule has 1 aliphatic rings. The molecule has 0 amide bonds. The Morgan fingerprint density at radius 2 is 1.95 bits per heavy atom. The summed E-state index contributed by atoms with van der Waals surface area (Å²) in [5.41, 5.74) is 4.49. The molecule has 1 aromatic rings. The number of fused-ring (bicyclic) bond motifs is 1. The van der Waals surface area contributed by atoms with Crippen molar-refractivity contribution in [3.63, 3.8) is 0 Å². The van der Waals surface area contributed by atoms with Gasteiger partial charge in [-0.3, -0.25) is 0 Å². The van der Waals surface area contributed by atoms with E-state index in [0.717, 1.165) is 24.2 Å². The molecule has 0 aromatic heterocycles. The van der Waals surface area contributed by atoms with Gasteiger partial charge in [-0.25, -0.2) is 0 Å². The average Bonchev–Trinajstić information content (AvgIpc) is 2.64. The van der Waals surface area contributed by atoms with E-state index < -0.39 is 0 Å². The minimum Gasteiger partial charge on any atom is -0.311 e. The molecule has 1 heteroatoms. The van der Waals surface area contributed by atoms with Gasteiger partial charge in [0.1, 0.15) is 0 Å². The summed E-state index contributed by atoms with van der Waals surface area (Å²) < 4.78 is 0. The lowest BCUT2D eigenvalue weighted by Crippen LogP contribution is -2.20. The zero-order valence-corrected chi connectivity index (χ0v) is 14.0. The van der Waals surface area contributed by atoms with E-state index in [9.17, 15) is 0 Å². The quantitative estimate of drug-likeness (QED) is 0.601. The van der Waals surface area contributed by atoms with Crippen LogP contribution in [-0.2, 0) is 6.42 Å². The monoisotopic (exact) mass is 293 g/mol. The lowest BCUT2D eigenvalue weighted by molar-refractivity contribution is 1.08. The number of nitrogens with zero attached hydrogens (tertiary/aromatic N) is 1. The van der Waals surface area contributed by atoms with Crippen molar-refractivity contribution in [3.05, 3.63) is 90.8 Å². The van der Waals surface area contributed by atoms with Crippen LogP contribution in [0.15, 0.2) is 85.3 Å². The second-order valence-corrected chi connectivity index (χ2v) is 4.69. The minimum atomic E-state index is 0.918. The van der Waals surface area contributed by atoms with Crippen molar-refractivity contribution in [2.24, 2.45) is 0 Å². The molecule has 22 heavy (non-hydrogen) atoms. The van der Waals surface area contributed by atoms with Gasteiger partial charge in [-0.2, -0.15) is 0 Å². The van der Waals surface area contributed by atoms with Crippen molar-refractivity contribution < 1.29 is 0 Å². The first-order valence-electron chi connectivity index (χ1n) is 8.00. The molecule has 0 unspecified atom stereocenters. The van der Waals surface area contributed by atoms with Gasteiger partial charge in [-0.15, -0.1) is 0 Å². The number of anilines is 1. The van der Waals surface area contributed by atoms with Crippen molar-refractivity contribution in [2.75, 3.05) is 4.90 Å². The predicted octanol–water partition coefficient (Wildman–Crippen LogP) is 6.18. The number of rotatable bonds is 3. The van der Waals surface area contributed by atoms with Crippen LogP contribution in [0.3, 0.4) is 0 Å². The van der Waals surface area contributed by atoms with Gasteiger partial charge in [0.2, 0.25) is 0 Å². The highest BCUT2D eigenvalue weighted by molar-refractivity contribution is 5.66. The molecule has 0 atom stereocenters. The third-order valence-corrected chi connectivity index (χ3v) is 3.27. The molecule has 1 heterocycles. The predicted molar refractivity (Wildman–Crippen MR) is 100.0 cm³/mol. The molecule has 0 fully saturated rings. The van der Waals surface area contributed by atoms with Crippen LogP contribution in [0, 0.1) is 0 Å². The van der Waals surface area contributed by atoms with E-state index in [4.69, 9.17) is 0 Å². The molecule has 0 saturated carbocycles. The maximum atomic E-state index is 4.21. The van der Waals surface area contributed by atoms with Crippen molar-refractivity contribution in [3.8, 4) is 0 Å². The summed E-state index contributed by atoms with van der Waals surface area (Å²) in [6.45, 7) is 14.3. The Balaban J connectivity index is 0.00000116. The minimum absolute atomic E-state index is 0.918. The zero-order chi connectivity index (χ0) is 16.4. The van der Waals surface area contributed by atoms with Crippen molar-refractivity contribution in [1.82, 2.24) is 0 Å². The van der Waals surface area contributed by atoms with E-state index >= 15 is 0 Å². The maximum absolute atomic E-state index is 4.21. The van der Waals surface area contributed by atoms with Crippen molar-refractivity contribution in [2.45, 2.75) is 33.6 Å². The first-order chi connectivity index (χ1) is 10.8. The Morgan fingerprint density at radius 3 is 2.64 bits per heavy atom. The summed E-state index contributed by atoms with van der Waals surface area (Å²) in [7, 11) is 0. The van der Waals surface area contributed by atoms with E-state index in [2.05, 4.69) is 67.5 Å². The molecular weight excluding hydrogens is 266 g/mol. The highest BCUT2D eigenvalue weighted by Gasteiger charge is 2.15. The Bertz CT molecular complexity index is 588. The van der Waals surface area contributed by atoms with Crippen LogP contribution in [0.25, 0.3) is 0 Å². The van der Waals surface area contributed by atoms with E-state index in [1.807, 2.05) is 32.1 Å². The molecule has 0 saturated heterocycles. The fourth-order valence-electron chi connectivity index (χ4n) is 2.35. The van der Waals surface area contributed by atoms with E-state index in [1.54, 1.807) is 0 Å². The molecule has 0 aliphatic carbocycles. The lowest BCUT2D eigenvalue weighted by atomic mass is 10.1. The van der Waals surface area contributed by atoms with Gasteiger partial charge in [0, 0.05) is 17.1 Å².